The molecular weight excluding hydrogens is 268 g/mol. The summed E-state index contributed by atoms with van der Waals surface area (Å²) < 4.78 is 5.03. The van der Waals surface area contributed by atoms with Gasteiger partial charge in [0.05, 0.1) is 12.5 Å². The Morgan fingerprint density at radius 3 is 2.12 bits per heavy atom. The number of carbonyl (C=O) groups excluding carboxylic acids is 1. The monoisotopic (exact) mass is 292 g/mol. The molecule has 0 radical (unpaired) electrons. The Kier molecular flexibility index (Phi) is 6.02. The molecule has 0 aliphatic rings. The van der Waals surface area contributed by atoms with Crippen molar-refractivity contribution in [1.29, 1.82) is 0 Å². The summed E-state index contributed by atoms with van der Waals surface area (Å²) in [5, 5.41) is 0.658. The molecule has 1 unspecified atom stereocenters. The van der Waals surface area contributed by atoms with Crippen molar-refractivity contribution in [3.05, 3.63) is 0 Å². The van der Waals surface area contributed by atoms with Crippen LogP contribution >= 0.6 is 15.9 Å². The third-order valence-corrected chi connectivity index (χ3v) is 4.70. The average molecular weight is 293 g/mol. The van der Waals surface area contributed by atoms with E-state index in [4.69, 9.17) is 4.74 Å². The number of carbonyl (C=O) groups is 1. The van der Waals surface area contributed by atoms with Gasteiger partial charge in [-0.3, -0.25) is 4.79 Å². The molecule has 0 aromatic heterocycles. The van der Waals surface area contributed by atoms with Crippen LogP contribution in [-0.4, -0.2) is 18.4 Å². The van der Waals surface area contributed by atoms with E-state index in [-0.39, 0.29) is 11.4 Å². The van der Waals surface area contributed by atoms with Crippen LogP contribution in [0.25, 0.3) is 0 Å². The Hall–Kier alpha value is -0.0500. The van der Waals surface area contributed by atoms with Crippen molar-refractivity contribution in [2.24, 2.45) is 16.7 Å². The predicted molar refractivity (Wildman–Crippen MR) is 71.8 cm³/mol. The van der Waals surface area contributed by atoms with Crippen LogP contribution in [-0.2, 0) is 9.53 Å². The van der Waals surface area contributed by atoms with Crippen molar-refractivity contribution < 1.29 is 9.53 Å². The fourth-order valence-electron chi connectivity index (χ4n) is 2.16. The van der Waals surface area contributed by atoms with Gasteiger partial charge in [-0.25, -0.2) is 0 Å². The van der Waals surface area contributed by atoms with E-state index in [0.717, 1.165) is 12.8 Å². The number of methoxy groups -OCH3 is 1. The molecule has 0 spiro atoms. The zero-order valence-electron chi connectivity index (χ0n) is 11.4. The number of esters is 1. The lowest BCUT2D eigenvalue weighted by molar-refractivity contribution is -0.160. The highest BCUT2D eigenvalue weighted by atomic mass is 79.9. The molecule has 1 atom stereocenters. The first kappa shape index (κ1) is 16.0. The number of ether oxygens (including phenoxy) is 1. The Labute approximate surface area is 108 Å². The van der Waals surface area contributed by atoms with Gasteiger partial charge in [-0.15, -0.1) is 0 Å². The smallest absolute Gasteiger partial charge is 0.313 e. The van der Waals surface area contributed by atoms with Gasteiger partial charge >= 0.3 is 5.97 Å². The Balaban J connectivity index is 5.36. The molecule has 0 aromatic carbocycles. The molecule has 0 bridgehead atoms. The van der Waals surface area contributed by atoms with E-state index in [2.05, 4.69) is 50.5 Å². The molecule has 2 nitrogen and oxygen atoms in total. The van der Waals surface area contributed by atoms with Crippen LogP contribution in [0.2, 0.25) is 0 Å². The molecule has 16 heavy (non-hydrogen) atoms. The number of halogens is 1. The zero-order chi connectivity index (χ0) is 13.0. The molecule has 3 heteroatoms. The van der Waals surface area contributed by atoms with Crippen LogP contribution in [0, 0.1) is 16.7 Å². The van der Waals surface area contributed by atoms with Crippen molar-refractivity contribution in [1.82, 2.24) is 0 Å². The van der Waals surface area contributed by atoms with Gasteiger partial charge in [-0.1, -0.05) is 50.5 Å². The van der Waals surface area contributed by atoms with E-state index in [1.54, 1.807) is 0 Å². The van der Waals surface area contributed by atoms with Crippen molar-refractivity contribution in [3.63, 3.8) is 0 Å². The molecule has 0 aromatic rings. The molecular formula is C13H25BrO2. The molecule has 0 heterocycles. The maximum Gasteiger partial charge on any atom is 0.313 e. The normalized spacial score (nSPS) is 16.0. The third-order valence-electron chi connectivity index (χ3n) is 3.74. The maximum atomic E-state index is 12.2. The lowest BCUT2D eigenvalue weighted by atomic mass is 9.61. The zero-order valence-corrected chi connectivity index (χ0v) is 13.0. The first-order valence-electron chi connectivity index (χ1n) is 5.91. The van der Waals surface area contributed by atoms with Crippen LogP contribution in [0.5, 0.6) is 0 Å². The number of alkyl halides is 1. The second-order valence-electron chi connectivity index (χ2n) is 5.54. The van der Waals surface area contributed by atoms with E-state index in [1.165, 1.54) is 7.11 Å². The number of hydrogen-bond donors (Lipinski definition) is 0. The van der Waals surface area contributed by atoms with Crippen molar-refractivity contribution >= 4 is 21.9 Å². The van der Waals surface area contributed by atoms with Gasteiger partial charge in [-0.2, -0.15) is 0 Å². The lowest BCUT2D eigenvalue weighted by Crippen LogP contribution is -2.47. The van der Waals surface area contributed by atoms with Gasteiger partial charge in [0.1, 0.15) is 0 Å². The van der Waals surface area contributed by atoms with Gasteiger partial charge in [0.15, 0.2) is 0 Å². The van der Waals surface area contributed by atoms with E-state index in [9.17, 15) is 4.79 Å². The fourth-order valence-corrected chi connectivity index (χ4v) is 3.37. The van der Waals surface area contributed by atoms with Gasteiger partial charge < -0.3 is 4.74 Å². The average Bonchev–Trinajstić information content (AvgIpc) is 2.24. The number of rotatable bonds is 6. The highest BCUT2D eigenvalue weighted by Gasteiger charge is 2.50. The highest BCUT2D eigenvalue weighted by Crippen LogP contribution is 2.48. The Bertz CT molecular complexity index is 236. The largest absolute Gasteiger partial charge is 0.469 e. The van der Waals surface area contributed by atoms with Crippen molar-refractivity contribution in [2.45, 2.75) is 47.5 Å². The van der Waals surface area contributed by atoms with E-state index >= 15 is 0 Å². The topological polar surface area (TPSA) is 26.3 Å². The molecule has 0 N–H and O–H groups in total. The number of hydrogen-bond acceptors (Lipinski definition) is 2. The van der Waals surface area contributed by atoms with Crippen LogP contribution in [0.3, 0.4) is 0 Å². The Morgan fingerprint density at radius 1 is 1.38 bits per heavy atom. The molecule has 0 fully saturated rings. The molecule has 0 aliphatic carbocycles. The van der Waals surface area contributed by atoms with Gasteiger partial charge in [-0.05, 0) is 24.2 Å². The van der Waals surface area contributed by atoms with Crippen LogP contribution in [0.15, 0.2) is 0 Å². The van der Waals surface area contributed by atoms with Gasteiger partial charge in [0.2, 0.25) is 0 Å². The summed E-state index contributed by atoms with van der Waals surface area (Å²) in [4.78, 5) is 12.2. The summed E-state index contributed by atoms with van der Waals surface area (Å²) >= 11 is 3.52. The molecule has 0 rings (SSSR count). The highest BCUT2D eigenvalue weighted by molar-refractivity contribution is 9.09. The molecule has 96 valence electrons. The van der Waals surface area contributed by atoms with Gasteiger partial charge in [0, 0.05) is 5.33 Å². The van der Waals surface area contributed by atoms with Crippen LogP contribution in [0.1, 0.15) is 47.5 Å². The summed E-state index contributed by atoms with van der Waals surface area (Å²) in [5.74, 6) is 0.382. The molecule has 0 saturated heterocycles. The summed E-state index contributed by atoms with van der Waals surface area (Å²) in [5.41, 5.74) is -0.488. The molecule has 0 saturated carbocycles. The summed E-state index contributed by atoms with van der Waals surface area (Å²) in [6.07, 6.45) is 1.81. The lowest BCUT2D eigenvalue weighted by Gasteiger charge is -2.44. The van der Waals surface area contributed by atoms with Crippen LogP contribution < -0.4 is 0 Å². The molecule has 0 amide bonds. The Morgan fingerprint density at radius 2 is 1.88 bits per heavy atom. The second-order valence-corrected chi connectivity index (χ2v) is 6.10. The van der Waals surface area contributed by atoms with Crippen molar-refractivity contribution in [2.75, 3.05) is 12.4 Å². The van der Waals surface area contributed by atoms with E-state index < -0.39 is 5.41 Å². The van der Waals surface area contributed by atoms with E-state index in [1.807, 2.05) is 0 Å². The standard InChI is InChI=1S/C13H25BrO2/c1-7-12(4,5)13(9-14,8-10(2)3)11(15)16-6/h10H,7-9H2,1-6H3. The third kappa shape index (κ3) is 2.99. The second kappa shape index (κ2) is 6.04. The fraction of sp³-hybridized carbons (Fsp3) is 0.923. The predicted octanol–water partition coefficient (Wildman–Crippen LogP) is 4.02. The minimum absolute atomic E-state index is 0.0616. The SMILES string of the molecule is CCC(C)(C)C(CBr)(CC(C)C)C(=O)OC. The first-order chi connectivity index (χ1) is 7.27. The summed E-state index contributed by atoms with van der Waals surface area (Å²) in [6.45, 7) is 10.7. The van der Waals surface area contributed by atoms with Crippen molar-refractivity contribution in [3.8, 4) is 0 Å². The van der Waals surface area contributed by atoms with E-state index in [0.29, 0.717) is 11.2 Å². The minimum atomic E-state index is -0.426. The van der Waals surface area contributed by atoms with Gasteiger partial charge in [0.25, 0.3) is 0 Å². The quantitative estimate of drug-likeness (QED) is 0.546. The first-order valence-corrected chi connectivity index (χ1v) is 7.04. The summed E-state index contributed by atoms with van der Waals surface area (Å²) in [7, 11) is 1.48. The van der Waals surface area contributed by atoms with Crippen LogP contribution in [0.4, 0.5) is 0 Å². The molecule has 0 aliphatic heterocycles. The summed E-state index contributed by atoms with van der Waals surface area (Å²) in [6, 6.07) is 0. The minimum Gasteiger partial charge on any atom is -0.469 e. The maximum absolute atomic E-state index is 12.2.